The SMILES string of the molecule is CC(C)(C)OC(=O)Oc1ccc([S+](c2ccc(OCc3c4ccccc4cc4ccccc34)cc2)c2ccc(OC(=O)OC(C)(C)C)cc2)cc1.O=S(=O)([O-])C(F)(F)F. The predicted molar refractivity (Wildman–Crippen MR) is 217 cm³/mol. The van der Waals surface area contributed by atoms with Gasteiger partial charge in [-0.2, -0.15) is 13.2 Å². The first-order valence-corrected chi connectivity index (χ1v) is 20.6. The molecule has 0 aliphatic rings. The summed E-state index contributed by atoms with van der Waals surface area (Å²) in [6.07, 6.45) is -1.52. The lowest BCUT2D eigenvalue weighted by Gasteiger charge is -2.18. The molecule has 10 nitrogen and oxygen atoms in total. The van der Waals surface area contributed by atoms with E-state index < -0.39 is 50.0 Å². The van der Waals surface area contributed by atoms with E-state index in [1.165, 1.54) is 21.5 Å². The molecule has 0 aliphatic carbocycles. The molecule has 6 aromatic carbocycles. The number of ether oxygens (including phenoxy) is 5. The number of carbonyl (C=O) groups excluding carboxylic acids is 2. The van der Waals surface area contributed by atoms with Crippen LogP contribution in [0.3, 0.4) is 0 Å². The average molecular weight is 851 g/mol. The summed E-state index contributed by atoms with van der Waals surface area (Å²) < 4.78 is 86.8. The van der Waals surface area contributed by atoms with Crippen molar-refractivity contribution >= 4 is 54.9 Å². The van der Waals surface area contributed by atoms with Crippen LogP contribution >= 0.6 is 0 Å². The van der Waals surface area contributed by atoms with Crippen LogP contribution in [0.2, 0.25) is 0 Å². The van der Waals surface area contributed by atoms with E-state index in [0.717, 1.165) is 26.0 Å². The van der Waals surface area contributed by atoms with Gasteiger partial charge in [0, 0.05) is 5.56 Å². The van der Waals surface area contributed by atoms with Crippen molar-refractivity contribution in [2.75, 3.05) is 0 Å². The molecule has 0 atom stereocenters. The van der Waals surface area contributed by atoms with E-state index in [4.69, 9.17) is 36.7 Å². The molecule has 6 rings (SSSR count). The molecular formula is C44H41F3O10S2. The fraction of sp³-hybridized carbons (Fsp3) is 0.227. The van der Waals surface area contributed by atoms with Crippen LogP contribution in [0.1, 0.15) is 47.1 Å². The van der Waals surface area contributed by atoms with Gasteiger partial charge in [0.2, 0.25) is 0 Å². The molecule has 0 radical (unpaired) electrons. The van der Waals surface area contributed by atoms with E-state index in [1.807, 2.05) is 36.4 Å². The second-order valence-electron chi connectivity index (χ2n) is 14.8. The van der Waals surface area contributed by atoms with Crippen molar-refractivity contribution in [2.24, 2.45) is 0 Å². The van der Waals surface area contributed by atoms with Gasteiger partial charge in [0.25, 0.3) is 0 Å². The van der Waals surface area contributed by atoms with Crippen LogP contribution in [0.5, 0.6) is 17.2 Å². The highest BCUT2D eigenvalue weighted by molar-refractivity contribution is 7.97. The molecule has 0 heterocycles. The van der Waals surface area contributed by atoms with E-state index in [2.05, 4.69) is 66.7 Å². The van der Waals surface area contributed by atoms with Crippen LogP contribution < -0.4 is 14.2 Å². The van der Waals surface area contributed by atoms with Gasteiger partial charge in [-0.15, -0.1) is 0 Å². The summed E-state index contributed by atoms with van der Waals surface area (Å²) in [5, 5.41) is 4.71. The van der Waals surface area contributed by atoms with Gasteiger partial charge in [0.05, 0.1) is 10.9 Å². The van der Waals surface area contributed by atoms with Crippen LogP contribution in [0.4, 0.5) is 22.8 Å². The van der Waals surface area contributed by atoms with Crippen LogP contribution in [0, 0.1) is 0 Å². The number of hydrogen-bond donors (Lipinski definition) is 0. The molecule has 15 heteroatoms. The lowest BCUT2D eigenvalue weighted by Crippen LogP contribution is -2.26. The summed E-state index contributed by atoms with van der Waals surface area (Å²) >= 11 is 0. The summed E-state index contributed by atoms with van der Waals surface area (Å²) in [6.45, 7) is 11.1. The summed E-state index contributed by atoms with van der Waals surface area (Å²) in [6, 6.07) is 41.9. The Morgan fingerprint density at radius 3 is 1.25 bits per heavy atom. The Labute approximate surface area is 342 Å². The molecule has 0 bridgehead atoms. The molecular weight excluding hydrogens is 810 g/mol. The number of carbonyl (C=O) groups is 2. The first kappa shape index (κ1) is 44.3. The van der Waals surface area contributed by atoms with E-state index in [9.17, 15) is 22.8 Å². The maximum absolute atomic E-state index is 12.3. The highest BCUT2D eigenvalue weighted by Crippen LogP contribution is 2.35. The van der Waals surface area contributed by atoms with Gasteiger partial charge in [-0.25, -0.2) is 18.0 Å². The Bertz CT molecular complexity index is 2380. The van der Waals surface area contributed by atoms with Gasteiger partial charge in [0.15, 0.2) is 24.8 Å². The van der Waals surface area contributed by atoms with Crippen molar-refractivity contribution in [3.8, 4) is 17.2 Å². The van der Waals surface area contributed by atoms with Gasteiger partial charge >= 0.3 is 17.8 Å². The van der Waals surface area contributed by atoms with Gasteiger partial charge in [-0.05, 0) is 142 Å². The molecule has 0 N–H and O–H groups in total. The monoisotopic (exact) mass is 850 g/mol. The second-order valence-corrected chi connectivity index (χ2v) is 18.2. The maximum atomic E-state index is 12.3. The van der Waals surface area contributed by atoms with Crippen LogP contribution in [-0.4, -0.2) is 42.0 Å². The first-order valence-electron chi connectivity index (χ1n) is 18.0. The lowest BCUT2D eigenvalue weighted by molar-refractivity contribution is -0.0518. The molecule has 0 unspecified atom stereocenters. The Balaban J connectivity index is 0.000000749. The van der Waals surface area contributed by atoms with E-state index in [1.54, 1.807) is 65.8 Å². The third-order valence-corrected chi connectivity index (χ3v) is 10.7. The van der Waals surface area contributed by atoms with Crippen molar-refractivity contribution < 1.29 is 59.4 Å². The summed E-state index contributed by atoms with van der Waals surface area (Å²) in [4.78, 5) is 27.6. The zero-order valence-corrected chi connectivity index (χ0v) is 34.5. The molecule has 0 aliphatic heterocycles. The van der Waals surface area contributed by atoms with Crippen molar-refractivity contribution in [1.82, 2.24) is 0 Å². The molecule has 0 spiro atoms. The predicted octanol–water partition coefficient (Wildman–Crippen LogP) is 11.3. The highest BCUT2D eigenvalue weighted by Gasteiger charge is 2.37. The third kappa shape index (κ3) is 12.6. The molecule has 0 saturated carbocycles. The minimum atomic E-state index is -6.09. The molecule has 0 aromatic heterocycles. The number of fused-ring (bicyclic) bond motifs is 2. The van der Waals surface area contributed by atoms with Crippen molar-refractivity contribution in [2.45, 2.75) is 79.5 Å². The Hall–Kier alpha value is -5.77. The molecule has 310 valence electrons. The topological polar surface area (TPSA) is 137 Å². The number of alkyl halides is 3. The fourth-order valence-corrected chi connectivity index (χ4v) is 7.56. The maximum Gasteiger partial charge on any atom is 0.514 e. The van der Waals surface area contributed by atoms with Gasteiger partial charge < -0.3 is 28.2 Å². The average Bonchev–Trinajstić information content (AvgIpc) is 3.13. The van der Waals surface area contributed by atoms with E-state index >= 15 is 0 Å². The smallest absolute Gasteiger partial charge is 0.514 e. The Morgan fingerprint density at radius 2 is 0.915 bits per heavy atom. The lowest BCUT2D eigenvalue weighted by atomic mass is 9.97. The minimum absolute atomic E-state index is 0.377. The summed E-state index contributed by atoms with van der Waals surface area (Å²) in [5.41, 5.74) is -5.83. The number of halogens is 3. The van der Waals surface area contributed by atoms with Crippen LogP contribution in [0.25, 0.3) is 21.5 Å². The third-order valence-electron chi connectivity index (χ3n) is 7.91. The fourth-order valence-electron chi connectivity index (χ4n) is 5.52. The molecule has 0 amide bonds. The Morgan fingerprint density at radius 1 is 0.576 bits per heavy atom. The quantitative estimate of drug-likeness (QED) is 0.0363. The van der Waals surface area contributed by atoms with Crippen molar-refractivity contribution in [3.63, 3.8) is 0 Å². The normalized spacial score (nSPS) is 12.1. The number of hydrogen-bond acceptors (Lipinski definition) is 10. The minimum Gasteiger partial charge on any atom is -0.741 e. The molecule has 0 saturated heterocycles. The van der Waals surface area contributed by atoms with Crippen LogP contribution in [0.15, 0.2) is 142 Å². The molecule has 59 heavy (non-hydrogen) atoms. The summed E-state index contributed by atoms with van der Waals surface area (Å²) in [5.74, 6) is 1.51. The largest absolute Gasteiger partial charge is 0.741 e. The second kappa shape index (κ2) is 18.0. The number of benzene rings is 6. The number of rotatable bonds is 8. The van der Waals surface area contributed by atoms with Gasteiger partial charge in [-0.3, -0.25) is 0 Å². The Kier molecular flexibility index (Phi) is 13.5. The standard InChI is InChI=1S/C43H41O7S.CHF3O3S/c1-42(2,3)49-40(44)47-32-17-23-35(24-18-32)51(36-25-19-33(20-26-36)48-41(45)50-43(4,5)6)34-21-15-31(16-22-34)46-28-39-37-13-9-7-11-29(37)27-30-12-8-10-14-38(30)39;2-1(3,4)8(5,6)7/h7-27H,28H2,1-6H3;(H,5,6,7)/q+1;/p-1. The summed E-state index contributed by atoms with van der Waals surface area (Å²) in [7, 11) is -6.66. The van der Waals surface area contributed by atoms with Crippen molar-refractivity contribution in [1.29, 1.82) is 0 Å². The zero-order valence-electron chi connectivity index (χ0n) is 32.9. The van der Waals surface area contributed by atoms with Crippen LogP contribution in [-0.2, 0) is 37.1 Å². The zero-order chi connectivity index (χ0) is 43.2. The van der Waals surface area contributed by atoms with Gasteiger partial charge in [-0.1, -0.05) is 48.5 Å². The van der Waals surface area contributed by atoms with Gasteiger partial charge in [0.1, 0.15) is 35.1 Å². The molecule has 0 fully saturated rings. The van der Waals surface area contributed by atoms with E-state index in [-0.39, 0.29) is 0 Å². The molecule has 6 aromatic rings. The first-order chi connectivity index (χ1) is 27.6. The van der Waals surface area contributed by atoms with Crippen molar-refractivity contribution in [3.05, 3.63) is 133 Å². The van der Waals surface area contributed by atoms with E-state index in [0.29, 0.717) is 18.1 Å². The highest BCUT2D eigenvalue weighted by atomic mass is 32.2.